The van der Waals surface area contributed by atoms with E-state index in [4.69, 9.17) is 0 Å². The summed E-state index contributed by atoms with van der Waals surface area (Å²) < 4.78 is 1.97. The van der Waals surface area contributed by atoms with Gasteiger partial charge in [-0.05, 0) is 25.0 Å². The van der Waals surface area contributed by atoms with Crippen molar-refractivity contribution >= 4 is 11.6 Å². The van der Waals surface area contributed by atoms with Crippen LogP contribution in [0.15, 0.2) is 43.0 Å². The lowest BCUT2D eigenvalue weighted by molar-refractivity contribution is -0.119. The van der Waals surface area contributed by atoms with Crippen molar-refractivity contribution in [3.05, 3.63) is 48.5 Å². The predicted molar refractivity (Wildman–Crippen MR) is 74.1 cm³/mol. The fourth-order valence-electron chi connectivity index (χ4n) is 2.60. The minimum absolute atomic E-state index is 0.141. The number of para-hydroxylation sites is 1. The molecule has 0 saturated carbocycles. The molecule has 2 aromatic rings. The summed E-state index contributed by atoms with van der Waals surface area (Å²) in [4.78, 5) is 18.3. The van der Waals surface area contributed by atoms with Gasteiger partial charge in [0.25, 0.3) is 0 Å². The Morgan fingerprint density at radius 1 is 1.42 bits per heavy atom. The molecule has 0 fully saturated rings. The minimum Gasteiger partial charge on any atom is -0.334 e. The summed E-state index contributed by atoms with van der Waals surface area (Å²) in [6.45, 7) is 2.84. The number of carbonyl (C=O) groups is 1. The van der Waals surface area contributed by atoms with Crippen LogP contribution in [-0.2, 0) is 11.2 Å². The highest BCUT2D eigenvalue weighted by atomic mass is 16.2. The number of aromatic nitrogens is 2. The molecule has 1 aromatic carbocycles. The molecule has 0 saturated heterocycles. The van der Waals surface area contributed by atoms with Crippen molar-refractivity contribution in [2.24, 2.45) is 0 Å². The van der Waals surface area contributed by atoms with Gasteiger partial charge in [-0.25, -0.2) is 4.98 Å². The van der Waals surface area contributed by atoms with E-state index in [0.717, 1.165) is 18.7 Å². The Bertz CT molecular complexity index is 577. The first kappa shape index (κ1) is 12.0. The monoisotopic (exact) mass is 255 g/mol. The van der Waals surface area contributed by atoms with E-state index in [1.54, 1.807) is 12.5 Å². The summed E-state index contributed by atoms with van der Waals surface area (Å²) in [5.74, 6) is 0.186. The van der Waals surface area contributed by atoms with Gasteiger partial charge < -0.3 is 9.47 Å². The molecule has 98 valence electrons. The van der Waals surface area contributed by atoms with Gasteiger partial charge in [0.2, 0.25) is 5.91 Å². The van der Waals surface area contributed by atoms with Crippen molar-refractivity contribution in [1.82, 2.24) is 9.55 Å². The molecule has 0 aliphatic carbocycles. The van der Waals surface area contributed by atoms with Gasteiger partial charge in [0, 0.05) is 37.1 Å². The second kappa shape index (κ2) is 4.88. The number of carbonyl (C=O) groups excluding carboxylic acids is 1. The second-order valence-corrected chi connectivity index (χ2v) is 4.99. The fraction of sp³-hybridized carbons (Fsp3) is 0.333. The molecule has 3 rings (SSSR count). The maximum atomic E-state index is 12.4. The Hall–Kier alpha value is -2.10. The van der Waals surface area contributed by atoms with Gasteiger partial charge in [0.1, 0.15) is 0 Å². The van der Waals surface area contributed by atoms with Crippen LogP contribution in [0.3, 0.4) is 0 Å². The molecule has 1 aliphatic rings. The van der Waals surface area contributed by atoms with Crippen LogP contribution in [0.25, 0.3) is 0 Å². The highest BCUT2D eigenvalue weighted by molar-refractivity contribution is 5.95. The molecule has 2 heterocycles. The average Bonchev–Trinajstić information content (AvgIpc) is 3.08. The van der Waals surface area contributed by atoms with Crippen LogP contribution in [0.1, 0.15) is 24.9 Å². The van der Waals surface area contributed by atoms with Crippen molar-refractivity contribution in [2.45, 2.75) is 25.8 Å². The average molecular weight is 255 g/mol. The number of hydrogen-bond donors (Lipinski definition) is 0. The standard InChI is InChI=1S/C15H17N3O/c1-12(17-9-7-16-11-17)10-15(19)18-8-6-13-4-2-3-5-14(13)18/h2-5,7,9,11-12H,6,8,10H2,1H3. The minimum atomic E-state index is 0.141. The lowest BCUT2D eigenvalue weighted by Crippen LogP contribution is -2.30. The van der Waals surface area contributed by atoms with E-state index in [2.05, 4.69) is 11.1 Å². The summed E-state index contributed by atoms with van der Waals surface area (Å²) >= 11 is 0. The van der Waals surface area contributed by atoms with Crippen molar-refractivity contribution in [2.75, 3.05) is 11.4 Å². The first-order chi connectivity index (χ1) is 9.25. The van der Waals surface area contributed by atoms with E-state index < -0.39 is 0 Å². The number of nitrogens with zero attached hydrogens (tertiary/aromatic N) is 3. The molecule has 1 amide bonds. The number of benzene rings is 1. The zero-order valence-corrected chi connectivity index (χ0v) is 11.0. The van der Waals surface area contributed by atoms with Gasteiger partial charge >= 0.3 is 0 Å². The molecule has 0 N–H and O–H groups in total. The van der Waals surface area contributed by atoms with Crippen LogP contribution >= 0.6 is 0 Å². The third kappa shape index (κ3) is 2.26. The maximum absolute atomic E-state index is 12.4. The Labute approximate surface area is 112 Å². The van der Waals surface area contributed by atoms with Gasteiger partial charge in [0.15, 0.2) is 0 Å². The quantitative estimate of drug-likeness (QED) is 0.844. The van der Waals surface area contributed by atoms with E-state index in [-0.39, 0.29) is 11.9 Å². The van der Waals surface area contributed by atoms with E-state index in [9.17, 15) is 4.79 Å². The Morgan fingerprint density at radius 3 is 3.05 bits per heavy atom. The van der Waals surface area contributed by atoms with Gasteiger partial charge in [-0.15, -0.1) is 0 Å². The van der Waals surface area contributed by atoms with Crippen LogP contribution in [0.4, 0.5) is 5.69 Å². The van der Waals surface area contributed by atoms with Gasteiger partial charge in [-0.2, -0.15) is 0 Å². The van der Waals surface area contributed by atoms with E-state index in [1.807, 2.05) is 40.8 Å². The Kier molecular flexibility index (Phi) is 3.07. The summed E-state index contributed by atoms with van der Waals surface area (Å²) in [6, 6.07) is 8.29. The first-order valence-corrected chi connectivity index (χ1v) is 6.61. The van der Waals surface area contributed by atoms with Gasteiger partial charge in [-0.3, -0.25) is 4.79 Å². The van der Waals surface area contributed by atoms with Crippen molar-refractivity contribution in [3.63, 3.8) is 0 Å². The smallest absolute Gasteiger partial charge is 0.229 e. The van der Waals surface area contributed by atoms with Crippen LogP contribution in [0.2, 0.25) is 0 Å². The lowest BCUT2D eigenvalue weighted by Gasteiger charge is -2.20. The molecule has 0 bridgehead atoms. The molecule has 1 atom stereocenters. The van der Waals surface area contributed by atoms with Crippen LogP contribution in [0.5, 0.6) is 0 Å². The summed E-state index contributed by atoms with van der Waals surface area (Å²) in [7, 11) is 0. The van der Waals surface area contributed by atoms with Crippen LogP contribution in [0, 0.1) is 0 Å². The number of hydrogen-bond acceptors (Lipinski definition) is 2. The Balaban J connectivity index is 1.72. The zero-order valence-electron chi connectivity index (χ0n) is 11.0. The number of anilines is 1. The molecule has 1 aliphatic heterocycles. The number of rotatable bonds is 3. The maximum Gasteiger partial charge on any atom is 0.229 e. The van der Waals surface area contributed by atoms with E-state index >= 15 is 0 Å². The molecule has 4 nitrogen and oxygen atoms in total. The normalized spacial score (nSPS) is 15.3. The zero-order chi connectivity index (χ0) is 13.2. The highest BCUT2D eigenvalue weighted by Crippen LogP contribution is 2.28. The topological polar surface area (TPSA) is 38.1 Å². The molecular weight excluding hydrogens is 238 g/mol. The molecule has 19 heavy (non-hydrogen) atoms. The van der Waals surface area contributed by atoms with Crippen LogP contribution in [-0.4, -0.2) is 22.0 Å². The number of amides is 1. The number of imidazole rings is 1. The largest absolute Gasteiger partial charge is 0.334 e. The third-order valence-corrected chi connectivity index (χ3v) is 3.69. The third-order valence-electron chi connectivity index (χ3n) is 3.69. The molecule has 1 aromatic heterocycles. The van der Waals surface area contributed by atoms with Crippen LogP contribution < -0.4 is 4.90 Å². The summed E-state index contributed by atoms with van der Waals surface area (Å²) in [6.07, 6.45) is 6.87. The number of fused-ring (bicyclic) bond motifs is 1. The Morgan fingerprint density at radius 2 is 2.26 bits per heavy atom. The van der Waals surface area contributed by atoms with Gasteiger partial charge in [-0.1, -0.05) is 18.2 Å². The summed E-state index contributed by atoms with van der Waals surface area (Å²) in [5.41, 5.74) is 2.34. The molecule has 1 unspecified atom stereocenters. The van der Waals surface area contributed by atoms with Crippen molar-refractivity contribution in [1.29, 1.82) is 0 Å². The molecule has 4 heteroatoms. The summed E-state index contributed by atoms with van der Waals surface area (Å²) in [5, 5.41) is 0. The van der Waals surface area contributed by atoms with E-state index in [0.29, 0.717) is 6.42 Å². The van der Waals surface area contributed by atoms with E-state index in [1.165, 1.54) is 5.56 Å². The fourth-order valence-corrected chi connectivity index (χ4v) is 2.60. The molecule has 0 spiro atoms. The lowest BCUT2D eigenvalue weighted by atomic mass is 10.1. The first-order valence-electron chi connectivity index (χ1n) is 6.61. The van der Waals surface area contributed by atoms with Crippen molar-refractivity contribution in [3.8, 4) is 0 Å². The van der Waals surface area contributed by atoms with Crippen molar-refractivity contribution < 1.29 is 4.79 Å². The molecule has 0 radical (unpaired) electrons. The second-order valence-electron chi connectivity index (χ2n) is 4.99. The SMILES string of the molecule is CC(CC(=O)N1CCc2ccccc21)n1ccnc1. The van der Waals surface area contributed by atoms with Gasteiger partial charge in [0.05, 0.1) is 6.33 Å². The molecular formula is C15H17N3O. The predicted octanol–water partition coefficient (Wildman–Crippen LogP) is 2.42. The highest BCUT2D eigenvalue weighted by Gasteiger charge is 2.25.